The Morgan fingerprint density at radius 1 is 1.19 bits per heavy atom. The summed E-state index contributed by atoms with van der Waals surface area (Å²) in [5.41, 5.74) is -0.291. The van der Waals surface area contributed by atoms with E-state index >= 15 is 0 Å². The lowest BCUT2D eigenvalue weighted by Gasteiger charge is -2.06. The van der Waals surface area contributed by atoms with Gasteiger partial charge in [0.1, 0.15) is 11.6 Å². The van der Waals surface area contributed by atoms with E-state index in [1.54, 1.807) is 6.07 Å². The second-order valence-electron chi connectivity index (χ2n) is 4.31. The van der Waals surface area contributed by atoms with E-state index in [-0.39, 0.29) is 5.56 Å². The SMILES string of the molecule is O=C(O)c1cc(SCCCOc2ccccc2)ccc1F. The second-order valence-corrected chi connectivity index (χ2v) is 5.48. The van der Waals surface area contributed by atoms with Crippen molar-refractivity contribution in [2.24, 2.45) is 0 Å². The van der Waals surface area contributed by atoms with Gasteiger partial charge in [-0.05, 0) is 36.8 Å². The highest BCUT2D eigenvalue weighted by Gasteiger charge is 2.10. The predicted molar refractivity (Wildman–Crippen MR) is 80.6 cm³/mol. The molecule has 0 amide bonds. The quantitative estimate of drug-likeness (QED) is 0.618. The molecule has 2 aromatic rings. The van der Waals surface area contributed by atoms with E-state index in [0.29, 0.717) is 6.61 Å². The van der Waals surface area contributed by atoms with Crippen LogP contribution in [0.4, 0.5) is 4.39 Å². The molecule has 3 nitrogen and oxygen atoms in total. The van der Waals surface area contributed by atoms with Crippen molar-refractivity contribution in [1.29, 1.82) is 0 Å². The van der Waals surface area contributed by atoms with Crippen molar-refractivity contribution in [2.45, 2.75) is 11.3 Å². The van der Waals surface area contributed by atoms with Gasteiger partial charge in [-0.1, -0.05) is 18.2 Å². The first-order chi connectivity index (χ1) is 10.2. The number of para-hydroxylation sites is 1. The number of aromatic carboxylic acids is 1. The molecule has 0 aliphatic heterocycles. The van der Waals surface area contributed by atoms with Gasteiger partial charge < -0.3 is 9.84 Å². The molecule has 0 unspecified atom stereocenters. The summed E-state index contributed by atoms with van der Waals surface area (Å²) in [6.07, 6.45) is 0.819. The fraction of sp³-hybridized carbons (Fsp3) is 0.188. The minimum absolute atomic E-state index is 0.291. The highest BCUT2D eigenvalue weighted by Crippen LogP contribution is 2.22. The molecule has 0 atom stereocenters. The lowest BCUT2D eigenvalue weighted by molar-refractivity contribution is 0.0691. The van der Waals surface area contributed by atoms with Crippen molar-refractivity contribution in [3.63, 3.8) is 0 Å². The molecule has 0 heterocycles. The molecule has 0 aliphatic carbocycles. The van der Waals surface area contributed by atoms with E-state index in [2.05, 4.69) is 0 Å². The second kappa shape index (κ2) is 7.69. The van der Waals surface area contributed by atoms with Crippen LogP contribution in [0.5, 0.6) is 5.75 Å². The standard InChI is InChI=1S/C16H15FO3S/c17-15-8-7-13(11-14(15)16(18)19)21-10-4-9-20-12-5-2-1-3-6-12/h1-3,5-8,11H,4,9-10H2,(H,18,19). The van der Waals surface area contributed by atoms with Crippen molar-refractivity contribution in [3.8, 4) is 5.75 Å². The van der Waals surface area contributed by atoms with Gasteiger partial charge in [0.05, 0.1) is 12.2 Å². The molecule has 0 aliphatic rings. The number of hydrogen-bond donors (Lipinski definition) is 1. The van der Waals surface area contributed by atoms with Crippen LogP contribution in [0, 0.1) is 5.82 Å². The first-order valence-corrected chi connectivity index (χ1v) is 7.49. The summed E-state index contributed by atoms with van der Waals surface area (Å²) in [6.45, 7) is 0.587. The van der Waals surface area contributed by atoms with E-state index < -0.39 is 11.8 Å². The van der Waals surface area contributed by atoms with Crippen molar-refractivity contribution in [2.75, 3.05) is 12.4 Å². The number of hydrogen-bond acceptors (Lipinski definition) is 3. The summed E-state index contributed by atoms with van der Waals surface area (Å²) in [6, 6.07) is 13.7. The molecular formula is C16H15FO3S. The van der Waals surface area contributed by atoms with Crippen LogP contribution in [-0.4, -0.2) is 23.4 Å². The molecule has 1 N–H and O–H groups in total. The zero-order chi connectivity index (χ0) is 15.1. The average Bonchev–Trinajstić information content (AvgIpc) is 2.49. The van der Waals surface area contributed by atoms with E-state index in [1.807, 2.05) is 30.3 Å². The summed E-state index contributed by atoms with van der Waals surface area (Å²) >= 11 is 1.49. The summed E-state index contributed by atoms with van der Waals surface area (Å²) in [5, 5.41) is 8.86. The maximum atomic E-state index is 13.2. The maximum absolute atomic E-state index is 13.2. The Labute approximate surface area is 126 Å². The minimum Gasteiger partial charge on any atom is -0.494 e. The lowest BCUT2D eigenvalue weighted by atomic mass is 10.2. The van der Waals surface area contributed by atoms with Crippen molar-refractivity contribution in [1.82, 2.24) is 0 Å². The number of thioether (sulfide) groups is 1. The molecule has 2 aromatic carbocycles. The van der Waals surface area contributed by atoms with Crippen molar-refractivity contribution in [3.05, 3.63) is 59.9 Å². The van der Waals surface area contributed by atoms with Crippen LogP contribution in [0.15, 0.2) is 53.4 Å². The summed E-state index contributed by atoms with van der Waals surface area (Å²) in [7, 11) is 0. The van der Waals surface area contributed by atoms with Crippen LogP contribution in [0.3, 0.4) is 0 Å². The number of carbonyl (C=O) groups is 1. The average molecular weight is 306 g/mol. The van der Waals surface area contributed by atoms with Gasteiger partial charge in [0.15, 0.2) is 0 Å². The van der Waals surface area contributed by atoms with Crippen LogP contribution in [0.2, 0.25) is 0 Å². The normalized spacial score (nSPS) is 10.3. The van der Waals surface area contributed by atoms with Crippen molar-refractivity contribution >= 4 is 17.7 Å². The van der Waals surface area contributed by atoms with Crippen molar-refractivity contribution < 1.29 is 19.0 Å². The molecule has 2 rings (SSSR count). The summed E-state index contributed by atoms with van der Waals surface area (Å²) in [5.74, 6) is -0.351. The van der Waals surface area contributed by atoms with Crippen LogP contribution in [0.25, 0.3) is 0 Å². The Morgan fingerprint density at radius 2 is 1.95 bits per heavy atom. The van der Waals surface area contributed by atoms with Gasteiger partial charge in [-0.25, -0.2) is 9.18 Å². The fourth-order valence-corrected chi connectivity index (χ4v) is 2.58. The zero-order valence-corrected chi connectivity index (χ0v) is 12.1. The monoisotopic (exact) mass is 306 g/mol. The Bertz CT molecular complexity index is 602. The highest BCUT2D eigenvalue weighted by molar-refractivity contribution is 7.99. The largest absolute Gasteiger partial charge is 0.494 e. The van der Waals surface area contributed by atoms with Gasteiger partial charge in [-0.15, -0.1) is 11.8 Å². The van der Waals surface area contributed by atoms with E-state index in [1.165, 1.54) is 23.9 Å². The summed E-state index contributed by atoms with van der Waals surface area (Å²) < 4.78 is 18.8. The van der Waals surface area contributed by atoms with E-state index in [9.17, 15) is 9.18 Å². The number of ether oxygens (including phenoxy) is 1. The molecule has 5 heteroatoms. The molecule has 110 valence electrons. The molecule has 0 radical (unpaired) electrons. The third-order valence-corrected chi connectivity index (χ3v) is 3.82. The fourth-order valence-electron chi connectivity index (χ4n) is 1.71. The molecule has 0 saturated heterocycles. The molecule has 0 spiro atoms. The van der Waals surface area contributed by atoms with Gasteiger partial charge in [0.25, 0.3) is 0 Å². The number of carboxylic acids is 1. The molecule has 0 bridgehead atoms. The lowest BCUT2D eigenvalue weighted by Crippen LogP contribution is -2.01. The Balaban J connectivity index is 1.76. The highest BCUT2D eigenvalue weighted by atomic mass is 32.2. The zero-order valence-electron chi connectivity index (χ0n) is 11.3. The first kappa shape index (κ1) is 15.4. The van der Waals surface area contributed by atoms with Gasteiger partial charge in [0.2, 0.25) is 0 Å². The van der Waals surface area contributed by atoms with Crippen LogP contribution >= 0.6 is 11.8 Å². The predicted octanol–water partition coefficient (Wildman–Crippen LogP) is 4.09. The van der Waals surface area contributed by atoms with Crippen LogP contribution in [-0.2, 0) is 0 Å². The smallest absolute Gasteiger partial charge is 0.338 e. The number of benzene rings is 2. The number of rotatable bonds is 7. The number of carboxylic acid groups (broad SMARTS) is 1. The molecule has 0 fully saturated rings. The molecular weight excluding hydrogens is 291 g/mol. The number of halogens is 1. The first-order valence-electron chi connectivity index (χ1n) is 6.50. The molecule has 21 heavy (non-hydrogen) atoms. The van der Waals surface area contributed by atoms with Gasteiger partial charge in [-0.2, -0.15) is 0 Å². The third kappa shape index (κ3) is 4.79. The Hall–Kier alpha value is -2.01. The van der Waals surface area contributed by atoms with Gasteiger partial charge >= 0.3 is 5.97 Å². The summed E-state index contributed by atoms with van der Waals surface area (Å²) in [4.78, 5) is 11.6. The maximum Gasteiger partial charge on any atom is 0.338 e. The van der Waals surface area contributed by atoms with Crippen LogP contribution < -0.4 is 4.74 Å². The Kier molecular flexibility index (Phi) is 5.63. The van der Waals surface area contributed by atoms with Gasteiger partial charge in [-0.3, -0.25) is 0 Å². The van der Waals surface area contributed by atoms with E-state index in [4.69, 9.17) is 9.84 Å². The van der Waals surface area contributed by atoms with Crippen LogP contribution in [0.1, 0.15) is 16.8 Å². The Morgan fingerprint density at radius 3 is 2.67 bits per heavy atom. The van der Waals surface area contributed by atoms with E-state index in [0.717, 1.165) is 22.8 Å². The molecule has 0 aromatic heterocycles. The minimum atomic E-state index is -1.25. The third-order valence-electron chi connectivity index (χ3n) is 2.74. The molecule has 0 saturated carbocycles. The van der Waals surface area contributed by atoms with Gasteiger partial charge in [0, 0.05) is 10.6 Å². The topological polar surface area (TPSA) is 46.5 Å².